The van der Waals surface area contributed by atoms with Gasteiger partial charge in [0.1, 0.15) is 6.04 Å². The zero-order valence-electron chi connectivity index (χ0n) is 11.1. The lowest BCUT2D eigenvalue weighted by molar-refractivity contribution is -0.141. The second-order valence-electron chi connectivity index (χ2n) is 4.33. The molecule has 0 radical (unpaired) electrons. The highest BCUT2D eigenvalue weighted by Crippen LogP contribution is 2.11. The first-order valence-electron chi connectivity index (χ1n) is 6.11. The molecule has 19 heavy (non-hydrogen) atoms. The molecule has 0 spiro atoms. The van der Waals surface area contributed by atoms with E-state index in [2.05, 4.69) is 0 Å². The van der Waals surface area contributed by atoms with Gasteiger partial charge in [0, 0.05) is 7.05 Å². The molecule has 1 aromatic rings. The van der Waals surface area contributed by atoms with Gasteiger partial charge in [-0.25, -0.2) is 8.42 Å². The fraction of sp³-hybridized carbons (Fsp3) is 0.462. The van der Waals surface area contributed by atoms with Gasteiger partial charge < -0.3 is 5.11 Å². The molecule has 106 valence electrons. The maximum absolute atomic E-state index is 12.1. The zero-order chi connectivity index (χ0) is 14.5. The Morgan fingerprint density at radius 2 is 1.89 bits per heavy atom. The minimum atomic E-state index is -3.56. The van der Waals surface area contributed by atoms with Crippen LogP contribution in [0.1, 0.15) is 18.9 Å². The third-order valence-electron chi connectivity index (χ3n) is 3.04. The Balaban J connectivity index is 2.73. The van der Waals surface area contributed by atoms with Gasteiger partial charge in [-0.2, -0.15) is 4.31 Å². The van der Waals surface area contributed by atoms with E-state index < -0.39 is 22.0 Å². The molecule has 5 nitrogen and oxygen atoms in total. The molecule has 0 saturated heterocycles. The molecule has 1 unspecified atom stereocenters. The van der Waals surface area contributed by atoms with Crippen molar-refractivity contribution in [3.8, 4) is 0 Å². The molecule has 0 amide bonds. The van der Waals surface area contributed by atoms with Crippen molar-refractivity contribution >= 4 is 16.0 Å². The molecule has 0 heterocycles. The molecular weight excluding hydrogens is 266 g/mol. The van der Waals surface area contributed by atoms with Crippen LogP contribution in [0.25, 0.3) is 0 Å². The van der Waals surface area contributed by atoms with Gasteiger partial charge in [0.25, 0.3) is 0 Å². The summed E-state index contributed by atoms with van der Waals surface area (Å²) in [5.74, 6) is -1.20. The van der Waals surface area contributed by atoms with Crippen LogP contribution in [0.3, 0.4) is 0 Å². The maximum atomic E-state index is 12.1. The molecular formula is C13H19NO4S. The maximum Gasteiger partial charge on any atom is 0.321 e. The summed E-state index contributed by atoms with van der Waals surface area (Å²) in [6, 6.07) is 8.26. The van der Waals surface area contributed by atoms with Crippen LogP contribution < -0.4 is 0 Å². The van der Waals surface area contributed by atoms with Crippen LogP contribution in [0.4, 0.5) is 0 Å². The van der Waals surface area contributed by atoms with Crippen LogP contribution in [0.15, 0.2) is 30.3 Å². The molecule has 0 aliphatic carbocycles. The Hall–Kier alpha value is -1.40. The number of carboxylic acids is 1. The van der Waals surface area contributed by atoms with Crippen LogP contribution in [0.2, 0.25) is 0 Å². The molecule has 0 aliphatic heterocycles. The van der Waals surface area contributed by atoms with E-state index in [-0.39, 0.29) is 12.2 Å². The van der Waals surface area contributed by atoms with Gasteiger partial charge in [0.2, 0.25) is 10.0 Å². The summed E-state index contributed by atoms with van der Waals surface area (Å²) in [5, 5.41) is 8.99. The van der Waals surface area contributed by atoms with E-state index in [1.165, 1.54) is 7.05 Å². The van der Waals surface area contributed by atoms with E-state index in [1.807, 2.05) is 30.3 Å². The van der Waals surface area contributed by atoms with Crippen LogP contribution >= 0.6 is 0 Å². The monoisotopic (exact) mass is 285 g/mol. The second kappa shape index (κ2) is 6.68. The van der Waals surface area contributed by atoms with Crippen LogP contribution in [-0.2, 0) is 21.2 Å². The Labute approximate surface area is 113 Å². The van der Waals surface area contributed by atoms with E-state index in [4.69, 9.17) is 5.11 Å². The number of carbonyl (C=O) groups is 1. The first kappa shape index (κ1) is 15.7. The average Bonchev–Trinajstić information content (AvgIpc) is 2.38. The largest absolute Gasteiger partial charge is 0.480 e. The van der Waals surface area contributed by atoms with E-state index in [1.54, 1.807) is 6.92 Å². The fourth-order valence-corrected chi connectivity index (χ4v) is 3.23. The molecule has 1 rings (SSSR count). The van der Waals surface area contributed by atoms with Crippen LogP contribution in [0.5, 0.6) is 0 Å². The molecule has 1 N–H and O–H groups in total. The third kappa shape index (κ3) is 4.33. The number of aliphatic carboxylic acids is 1. The first-order chi connectivity index (χ1) is 8.88. The molecule has 0 bridgehead atoms. The van der Waals surface area contributed by atoms with E-state index in [0.717, 1.165) is 9.87 Å². The quantitative estimate of drug-likeness (QED) is 0.820. The number of aryl methyl sites for hydroxylation is 1. The van der Waals surface area contributed by atoms with Gasteiger partial charge in [0.15, 0.2) is 0 Å². The van der Waals surface area contributed by atoms with Crippen molar-refractivity contribution in [2.24, 2.45) is 0 Å². The number of likely N-dealkylation sites (N-methyl/N-ethyl adjacent to an activating group) is 1. The normalized spacial score (nSPS) is 13.4. The van der Waals surface area contributed by atoms with Gasteiger partial charge in [-0.05, 0) is 18.4 Å². The topological polar surface area (TPSA) is 74.7 Å². The van der Waals surface area contributed by atoms with Crippen molar-refractivity contribution < 1.29 is 18.3 Å². The van der Waals surface area contributed by atoms with Gasteiger partial charge in [-0.15, -0.1) is 0 Å². The van der Waals surface area contributed by atoms with E-state index >= 15 is 0 Å². The highest BCUT2D eigenvalue weighted by Gasteiger charge is 2.29. The van der Waals surface area contributed by atoms with Gasteiger partial charge >= 0.3 is 5.97 Å². The summed E-state index contributed by atoms with van der Waals surface area (Å²) in [4.78, 5) is 11.0. The standard InChI is InChI=1S/C13H19NO4S/c1-3-12(13(15)16)14(2)19(17,18)10-9-11-7-5-4-6-8-11/h4-8,12H,3,9-10H2,1-2H3,(H,15,16). The van der Waals surface area contributed by atoms with Gasteiger partial charge in [0.05, 0.1) is 5.75 Å². The third-order valence-corrected chi connectivity index (χ3v) is 4.89. The van der Waals surface area contributed by atoms with Crippen molar-refractivity contribution in [1.29, 1.82) is 0 Å². The highest BCUT2D eigenvalue weighted by molar-refractivity contribution is 7.89. The second-order valence-corrected chi connectivity index (χ2v) is 6.48. The summed E-state index contributed by atoms with van der Waals surface area (Å²) < 4.78 is 25.1. The number of hydrogen-bond acceptors (Lipinski definition) is 3. The molecule has 1 aromatic carbocycles. The number of hydrogen-bond donors (Lipinski definition) is 1. The predicted octanol–water partition coefficient (Wildman–Crippen LogP) is 1.35. The van der Waals surface area contributed by atoms with Gasteiger partial charge in [-0.1, -0.05) is 37.3 Å². The molecule has 0 aliphatic rings. The van der Waals surface area contributed by atoms with Crippen molar-refractivity contribution in [1.82, 2.24) is 4.31 Å². The molecule has 0 saturated carbocycles. The van der Waals surface area contributed by atoms with E-state index in [0.29, 0.717) is 6.42 Å². The van der Waals surface area contributed by atoms with Crippen molar-refractivity contribution in [2.45, 2.75) is 25.8 Å². The van der Waals surface area contributed by atoms with E-state index in [9.17, 15) is 13.2 Å². The Morgan fingerprint density at radius 3 is 2.37 bits per heavy atom. The number of rotatable bonds is 7. The Kier molecular flexibility index (Phi) is 5.50. The summed E-state index contributed by atoms with van der Waals surface area (Å²) in [6.45, 7) is 1.65. The highest BCUT2D eigenvalue weighted by atomic mass is 32.2. The van der Waals surface area contributed by atoms with Crippen molar-refractivity contribution in [3.63, 3.8) is 0 Å². The lowest BCUT2D eigenvalue weighted by Gasteiger charge is -2.23. The fourth-order valence-electron chi connectivity index (χ4n) is 1.82. The summed E-state index contributed by atoms with van der Waals surface area (Å²) in [6.07, 6.45) is 0.625. The van der Waals surface area contributed by atoms with Crippen LogP contribution in [0, 0.1) is 0 Å². The molecule has 1 atom stereocenters. The van der Waals surface area contributed by atoms with Crippen molar-refractivity contribution in [2.75, 3.05) is 12.8 Å². The van der Waals surface area contributed by atoms with Gasteiger partial charge in [-0.3, -0.25) is 4.79 Å². The number of carboxylic acid groups (broad SMARTS) is 1. The molecule has 0 aromatic heterocycles. The summed E-state index contributed by atoms with van der Waals surface area (Å²) in [7, 11) is -2.24. The minimum absolute atomic E-state index is 0.0860. The number of nitrogens with zero attached hydrogens (tertiary/aromatic N) is 1. The summed E-state index contributed by atoms with van der Waals surface area (Å²) >= 11 is 0. The lowest BCUT2D eigenvalue weighted by Crippen LogP contribution is -2.43. The predicted molar refractivity (Wildman–Crippen MR) is 73.4 cm³/mol. The number of sulfonamides is 1. The van der Waals surface area contributed by atoms with Crippen LogP contribution in [-0.4, -0.2) is 42.6 Å². The summed E-state index contributed by atoms with van der Waals surface area (Å²) in [5.41, 5.74) is 0.919. The molecule has 0 fully saturated rings. The lowest BCUT2D eigenvalue weighted by atomic mass is 10.2. The Bertz CT molecular complexity index is 513. The smallest absolute Gasteiger partial charge is 0.321 e. The number of benzene rings is 1. The average molecular weight is 285 g/mol. The SMILES string of the molecule is CCC(C(=O)O)N(C)S(=O)(=O)CCc1ccccc1. The first-order valence-corrected chi connectivity index (χ1v) is 7.72. The van der Waals surface area contributed by atoms with Crippen molar-refractivity contribution in [3.05, 3.63) is 35.9 Å². The molecule has 6 heteroatoms. The Morgan fingerprint density at radius 1 is 1.32 bits per heavy atom. The zero-order valence-corrected chi connectivity index (χ0v) is 11.9. The minimum Gasteiger partial charge on any atom is -0.480 e.